The Labute approximate surface area is 114 Å². The first kappa shape index (κ1) is 17.5. The van der Waals surface area contributed by atoms with E-state index in [1.807, 2.05) is 0 Å². The molecule has 104 valence electrons. The van der Waals surface area contributed by atoms with Crippen LogP contribution in [0.3, 0.4) is 0 Å². The Morgan fingerprint density at radius 3 is 2.18 bits per heavy atom. The molecular weight excluding hydrogens is 244 g/mol. The number of hydrogen-bond acceptors (Lipinski definition) is 2. The van der Waals surface area contributed by atoms with Crippen LogP contribution in [0.5, 0.6) is 0 Å². The number of rotatable bonds is 12. The Bertz CT molecular complexity index is 162. The number of thioether (sulfide) groups is 1. The molecule has 0 aromatic heterocycles. The molecule has 0 aliphatic rings. The molecule has 0 bridgehead atoms. The van der Waals surface area contributed by atoms with Crippen LogP contribution in [-0.4, -0.2) is 26.4 Å². The van der Waals surface area contributed by atoms with Gasteiger partial charge in [-0.25, -0.2) is 0 Å². The van der Waals surface area contributed by atoms with Gasteiger partial charge in [0.1, 0.15) is 0 Å². The van der Waals surface area contributed by atoms with E-state index in [-0.39, 0.29) is 0 Å². The molecule has 0 amide bonds. The van der Waals surface area contributed by atoms with Gasteiger partial charge < -0.3 is 4.43 Å². The quantitative estimate of drug-likeness (QED) is 0.352. The lowest BCUT2D eigenvalue weighted by Crippen LogP contribution is -2.30. The summed E-state index contributed by atoms with van der Waals surface area (Å²) in [7, 11) is -1.30. The number of hydrogen-bond donors (Lipinski definition) is 0. The van der Waals surface area contributed by atoms with Gasteiger partial charge in [0, 0.05) is 6.61 Å². The monoisotopic (exact) mass is 276 g/mol. The maximum absolute atomic E-state index is 5.83. The van der Waals surface area contributed by atoms with Crippen LogP contribution < -0.4 is 0 Å². The Kier molecular flexibility index (Phi) is 12.0. The predicted molar refractivity (Wildman–Crippen MR) is 84.6 cm³/mol. The van der Waals surface area contributed by atoms with E-state index in [1.54, 1.807) is 0 Å². The van der Waals surface area contributed by atoms with Crippen molar-refractivity contribution in [3.8, 4) is 0 Å². The molecule has 0 saturated heterocycles. The van der Waals surface area contributed by atoms with Crippen molar-refractivity contribution >= 4 is 20.1 Å². The van der Waals surface area contributed by atoms with Crippen molar-refractivity contribution < 1.29 is 4.43 Å². The summed E-state index contributed by atoms with van der Waals surface area (Å²) in [5.74, 6) is 2.69. The summed E-state index contributed by atoms with van der Waals surface area (Å²) < 4.78 is 5.83. The molecule has 0 saturated carbocycles. The van der Waals surface area contributed by atoms with Crippen LogP contribution in [0.4, 0.5) is 0 Å². The van der Waals surface area contributed by atoms with Crippen molar-refractivity contribution in [2.24, 2.45) is 0 Å². The van der Waals surface area contributed by atoms with Crippen molar-refractivity contribution in [3.63, 3.8) is 0 Å². The molecular formula is C14H32OSSi. The second-order valence-electron chi connectivity index (χ2n) is 5.32. The fraction of sp³-hybridized carbons (Fsp3) is 1.00. The van der Waals surface area contributed by atoms with Gasteiger partial charge in [0.15, 0.2) is 8.32 Å². The van der Waals surface area contributed by atoms with Gasteiger partial charge in [0.2, 0.25) is 0 Å². The fourth-order valence-corrected chi connectivity index (χ4v) is 5.14. The molecule has 0 aliphatic heterocycles. The van der Waals surface area contributed by atoms with Crippen molar-refractivity contribution in [2.75, 3.05) is 18.1 Å². The fourth-order valence-electron chi connectivity index (χ4n) is 1.97. The Hall–Kier alpha value is 0.527. The lowest BCUT2D eigenvalue weighted by Gasteiger charge is -2.21. The molecule has 0 spiro atoms. The Morgan fingerprint density at radius 1 is 0.882 bits per heavy atom. The summed E-state index contributed by atoms with van der Waals surface area (Å²) in [5, 5.41) is 0. The van der Waals surface area contributed by atoms with Gasteiger partial charge in [-0.3, -0.25) is 0 Å². The van der Waals surface area contributed by atoms with E-state index >= 15 is 0 Å². The lowest BCUT2D eigenvalue weighted by atomic mass is 10.2. The van der Waals surface area contributed by atoms with Gasteiger partial charge in [0.25, 0.3) is 0 Å². The first-order valence-corrected chi connectivity index (χ1v) is 11.6. The Balaban J connectivity index is 3.18. The van der Waals surface area contributed by atoms with Gasteiger partial charge in [-0.15, -0.1) is 0 Å². The van der Waals surface area contributed by atoms with Crippen LogP contribution in [0.25, 0.3) is 0 Å². The highest BCUT2D eigenvalue weighted by Crippen LogP contribution is 2.17. The van der Waals surface area contributed by atoms with E-state index in [2.05, 4.69) is 38.7 Å². The first-order chi connectivity index (χ1) is 8.12. The van der Waals surface area contributed by atoms with Gasteiger partial charge in [-0.05, 0) is 50.4 Å². The second-order valence-corrected chi connectivity index (χ2v) is 10.9. The van der Waals surface area contributed by atoms with E-state index in [0.717, 1.165) is 6.61 Å². The summed E-state index contributed by atoms with van der Waals surface area (Å²) >= 11 is 2.14. The van der Waals surface area contributed by atoms with E-state index in [1.165, 1.54) is 56.1 Å². The third kappa shape index (κ3) is 12.8. The molecule has 1 nitrogen and oxygen atoms in total. The average molecular weight is 277 g/mol. The van der Waals surface area contributed by atoms with E-state index in [4.69, 9.17) is 4.43 Å². The largest absolute Gasteiger partial charge is 0.418 e. The van der Waals surface area contributed by atoms with Crippen molar-refractivity contribution in [1.82, 2.24) is 0 Å². The minimum absolute atomic E-state index is 0.893. The van der Waals surface area contributed by atoms with Crippen LogP contribution in [0.15, 0.2) is 0 Å². The van der Waals surface area contributed by atoms with Crippen molar-refractivity contribution in [1.29, 1.82) is 0 Å². The zero-order chi connectivity index (χ0) is 13.0. The Morgan fingerprint density at radius 2 is 1.53 bits per heavy atom. The molecule has 0 aromatic carbocycles. The maximum Gasteiger partial charge on any atom is 0.186 e. The van der Waals surface area contributed by atoms with E-state index in [0.29, 0.717) is 0 Å². The van der Waals surface area contributed by atoms with Crippen LogP contribution in [0, 0.1) is 0 Å². The molecule has 0 fully saturated rings. The van der Waals surface area contributed by atoms with Crippen molar-refractivity contribution in [3.05, 3.63) is 0 Å². The summed E-state index contributed by atoms with van der Waals surface area (Å²) in [6, 6.07) is 1.32. The van der Waals surface area contributed by atoms with Crippen LogP contribution in [0.2, 0.25) is 19.1 Å². The third-order valence-corrected chi connectivity index (χ3v) is 6.78. The second kappa shape index (κ2) is 11.6. The molecule has 0 aromatic rings. The first-order valence-electron chi connectivity index (χ1n) is 7.34. The lowest BCUT2D eigenvalue weighted by molar-refractivity contribution is 0.328. The normalized spacial score (nSPS) is 12.0. The van der Waals surface area contributed by atoms with Crippen LogP contribution in [-0.2, 0) is 4.43 Å². The topological polar surface area (TPSA) is 9.23 Å². The SMILES string of the molecule is CCCCCCCSCCC[Si](C)(C)OCC. The zero-order valence-electron chi connectivity index (χ0n) is 12.4. The summed E-state index contributed by atoms with van der Waals surface area (Å²) in [4.78, 5) is 0. The van der Waals surface area contributed by atoms with Gasteiger partial charge in [0.05, 0.1) is 0 Å². The van der Waals surface area contributed by atoms with Crippen LogP contribution >= 0.6 is 11.8 Å². The highest BCUT2D eigenvalue weighted by molar-refractivity contribution is 7.99. The smallest absolute Gasteiger partial charge is 0.186 e. The predicted octanol–water partition coefficient (Wildman–Crippen LogP) is 5.32. The molecule has 0 N–H and O–H groups in total. The molecule has 0 rings (SSSR count). The highest BCUT2D eigenvalue weighted by Gasteiger charge is 2.20. The van der Waals surface area contributed by atoms with Crippen molar-refractivity contribution in [2.45, 2.75) is 71.5 Å². The summed E-state index contributed by atoms with van der Waals surface area (Å²) in [6.07, 6.45) is 8.39. The average Bonchev–Trinajstić information content (AvgIpc) is 2.27. The van der Waals surface area contributed by atoms with E-state index in [9.17, 15) is 0 Å². The van der Waals surface area contributed by atoms with E-state index < -0.39 is 8.32 Å². The minimum Gasteiger partial charge on any atom is -0.418 e. The maximum atomic E-state index is 5.83. The van der Waals surface area contributed by atoms with Gasteiger partial charge in [-0.1, -0.05) is 32.6 Å². The minimum atomic E-state index is -1.30. The molecule has 0 aliphatic carbocycles. The van der Waals surface area contributed by atoms with Crippen LogP contribution in [0.1, 0.15) is 52.4 Å². The third-order valence-electron chi connectivity index (χ3n) is 2.99. The molecule has 3 heteroatoms. The van der Waals surface area contributed by atoms with Gasteiger partial charge >= 0.3 is 0 Å². The zero-order valence-corrected chi connectivity index (χ0v) is 14.2. The molecule has 0 heterocycles. The summed E-state index contributed by atoms with van der Waals surface area (Å²) in [5.41, 5.74) is 0. The molecule has 0 atom stereocenters. The number of unbranched alkanes of at least 4 members (excludes halogenated alkanes) is 4. The van der Waals surface area contributed by atoms with Gasteiger partial charge in [-0.2, -0.15) is 11.8 Å². The molecule has 0 unspecified atom stereocenters. The summed E-state index contributed by atoms with van der Waals surface area (Å²) in [6.45, 7) is 9.96. The highest BCUT2D eigenvalue weighted by atomic mass is 32.2. The standard InChI is InChI=1S/C14H32OSSi/c1-5-7-8-9-10-12-16-13-11-14-17(3,4)15-6-2/h5-14H2,1-4H3. The molecule has 0 radical (unpaired) electrons. The molecule has 17 heavy (non-hydrogen) atoms.